The van der Waals surface area contributed by atoms with E-state index < -0.39 is 0 Å². The molecule has 0 aliphatic rings. The molecule has 1 atom stereocenters. The van der Waals surface area contributed by atoms with Crippen LogP contribution in [0.2, 0.25) is 0 Å². The summed E-state index contributed by atoms with van der Waals surface area (Å²) in [5.74, 6) is 1.34. The van der Waals surface area contributed by atoms with Gasteiger partial charge in [0.15, 0.2) is 5.65 Å². The molecule has 0 saturated heterocycles. The lowest BCUT2D eigenvalue weighted by Gasteiger charge is -2.21. The summed E-state index contributed by atoms with van der Waals surface area (Å²) in [6, 6.07) is 4.06. The molecule has 1 N–H and O–H groups in total. The topological polar surface area (TPSA) is 51.5 Å². The van der Waals surface area contributed by atoms with Gasteiger partial charge in [-0.05, 0) is 12.0 Å². The Morgan fingerprint density at radius 2 is 2.24 bits per heavy atom. The van der Waals surface area contributed by atoms with E-state index in [9.17, 15) is 0 Å². The van der Waals surface area contributed by atoms with Crippen LogP contribution in [-0.4, -0.2) is 34.4 Å². The summed E-state index contributed by atoms with van der Waals surface area (Å²) >= 11 is 0. The Morgan fingerprint density at radius 1 is 1.41 bits per heavy atom. The molecule has 0 aliphatic heterocycles. The molecule has 5 heteroatoms. The van der Waals surface area contributed by atoms with Crippen molar-refractivity contribution < 1.29 is 4.74 Å². The van der Waals surface area contributed by atoms with Gasteiger partial charge in [-0.15, -0.1) is 0 Å². The van der Waals surface area contributed by atoms with Gasteiger partial charge in [0.25, 0.3) is 0 Å². The van der Waals surface area contributed by atoms with Crippen LogP contribution < -0.4 is 5.32 Å². The number of nitrogens with zero attached hydrogens (tertiary/aromatic N) is 3. The summed E-state index contributed by atoms with van der Waals surface area (Å²) in [4.78, 5) is 4.47. The predicted octanol–water partition coefficient (Wildman–Crippen LogP) is 1.81. The van der Waals surface area contributed by atoms with Gasteiger partial charge < -0.3 is 10.1 Å². The average Bonchev–Trinajstić information content (AvgIpc) is 2.75. The first-order valence-electron chi connectivity index (χ1n) is 5.76. The fourth-order valence-corrected chi connectivity index (χ4v) is 1.66. The molecule has 5 nitrogen and oxygen atoms in total. The van der Waals surface area contributed by atoms with Crippen molar-refractivity contribution in [2.45, 2.75) is 19.9 Å². The third-order valence-corrected chi connectivity index (χ3v) is 2.74. The molecule has 2 heterocycles. The Labute approximate surface area is 101 Å². The molecule has 0 aromatic carbocycles. The first-order valence-corrected chi connectivity index (χ1v) is 5.76. The second kappa shape index (κ2) is 5.14. The molecular weight excluding hydrogens is 216 g/mol. The van der Waals surface area contributed by atoms with Gasteiger partial charge in [-0.3, -0.25) is 0 Å². The Balaban J connectivity index is 2.15. The van der Waals surface area contributed by atoms with Gasteiger partial charge in [-0.1, -0.05) is 13.8 Å². The fourth-order valence-electron chi connectivity index (χ4n) is 1.66. The zero-order chi connectivity index (χ0) is 12.3. The molecule has 2 rings (SSSR count). The molecule has 0 fully saturated rings. The van der Waals surface area contributed by atoms with Crippen molar-refractivity contribution in [2.24, 2.45) is 5.92 Å². The van der Waals surface area contributed by atoms with Crippen LogP contribution >= 0.6 is 0 Å². The summed E-state index contributed by atoms with van der Waals surface area (Å²) in [6.07, 6.45) is 3.63. The van der Waals surface area contributed by atoms with Crippen LogP contribution in [0.3, 0.4) is 0 Å². The van der Waals surface area contributed by atoms with Crippen LogP contribution in [0.25, 0.3) is 5.65 Å². The zero-order valence-electron chi connectivity index (χ0n) is 10.4. The van der Waals surface area contributed by atoms with Crippen molar-refractivity contribution in [1.29, 1.82) is 0 Å². The van der Waals surface area contributed by atoms with Crippen LogP contribution in [-0.2, 0) is 4.74 Å². The molecule has 0 aliphatic carbocycles. The highest BCUT2D eigenvalue weighted by Gasteiger charge is 2.13. The first-order chi connectivity index (χ1) is 8.20. The fraction of sp³-hybridized carbons (Fsp3) is 0.500. The van der Waals surface area contributed by atoms with E-state index >= 15 is 0 Å². The highest BCUT2D eigenvalue weighted by Crippen LogP contribution is 2.11. The Kier molecular flexibility index (Phi) is 3.58. The minimum Gasteiger partial charge on any atom is -0.383 e. The number of hydrogen-bond donors (Lipinski definition) is 1. The van der Waals surface area contributed by atoms with E-state index in [1.165, 1.54) is 0 Å². The molecule has 2 aromatic rings. The highest BCUT2D eigenvalue weighted by molar-refractivity contribution is 5.45. The SMILES string of the molecule is COCC(Nc1ccn2nccc2n1)C(C)C. The maximum Gasteiger partial charge on any atom is 0.157 e. The molecular formula is C12H18N4O. The van der Waals surface area contributed by atoms with E-state index in [4.69, 9.17) is 4.74 Å². The van der Waals surface area contributed by atoms with Crippen LogP contribution in [0, 0.1) is 5.92 Å². The van der Waals surface area contributed by atoms with Crippen LogP contribution in [0.1, 0.15) is 13.8 Å². The third-order valence-electron chi connectivity index (χ3n) is 2.74. The van der Waals surface area contributed by atoms with Gasteiger partial charge in [0.1, 0.15) is 5.82 Å². The lowest BCUT2D eigenvalue weighted by molar-refractivity contribution is 0.171. The lowest BCUT2D eigenvalue weighted by Crippen LogP contribution is -2.30. The number of aromatic nitrogens is 3. The second-order valence-corrected chi connectivity index (χ2v) is 4.40. The highest BCUT2D eigenvalue weighted by atomic mass is 16.5. The minimum absolute atomic E-state index is 0.262. The van der Waals surface area contributed by atoms with E-state index in [-0.39, 0.29) is 6.04 Å². The maximum atomic E-state index is 5.20. The normalized spacial score (nSPS) is 13.2. The molecule has 17 heavy (non-hydrogen) atoms. The Bertz CT molecular complexity index is 480. The van der Waals surface area contributed by atoms with Crippen LogP contribution in [0.4, 0.5) is 5.82 Å². The largest absolute Gasteiger partial charge is 0.383 e. The number of fused-ring (bicyclic) bond motifs is 1. The van der Waals surface area contributed by atoms with Gasteiger partial charge in [-0.2, -0.15) is 5.10 Å². The number of methoxy groups -OCH3 is 1. The summed E-state index contributed by atoms with van der Waals surface area (Å²) in [5, 5.41) is 7.50. The molecule has 0 bridgehead atoms. The van der Waals surface area contributed by atoms with Gasteiger partial charge in [0.05, 0.1) is 18.8 Å². The van der Waals surface area contributed by atoms with Crippen molar-refractivity contribution in [3.05, 3.63) is 24.5 Å². The van der Waals surface area contributed by atoms with Crippen LogP contribution in [0.15, 0.2) is 24.5 Å². The van der Waals surface area contributed by atoms with Crippen LogP contribution in [0.5, 0.6) is 0 Å². The van der Waals surface area contributed by atoms with E-state index in [0.717, 1.165) is 11.5 Å². The maximum absolute atomic E-state index is 5.20. The second-order valence-electron chi connectivity index (χ2n) is 4.40. The molecule has 0 spiro atoms. The zero-order valence-corrected chi connectivity index (χ0v) is 10.4. The predicted molar refractivity (Wildman–Crippen MR) is 67.1 cm³/mol. The number of anilines is 1. The standard InChI is InChI=1S/C12H18N4O/c1-9(2)10(8-17-3)14-11-5-7-16-12(15-11)4-6-13-16/h4-7,9-10H,8H2,1-3H3,(H,14,15). The summed E-state index contributed by atoms with van der Waals surface area (Å²) in [7, 11) is 1.71. The van der Waals surface area contributed by atoms with Crippen molar-refractivity contribution in [3.8, 4) is 0 Å². The van der Waals surface area contributed by atoms with Gasteiger partial charge in [0.2, 0.25) is 0 Å². The van der Waals surface area contributed by atoms with E-state index in [1.807, 2.05) is 18.3 Å². The van der Waals surface area contributed by atoms with Crippen molar-refractivity contribution in [2.75, 3.05) is 19.0 Å². The third kappa shape index (κ3) is 2.74. The quantitative estimate of drug-likeness (QED) is 0.857. The number of rotatable bonds is 5. The number of ether oxygens (including phenoxy) is 1. The molecule has 0 radical (unpaired) electrons. The molecule has 2 aromatic heterocycles. The average molecular weight is 234 g/mol. The molecule has 1 unspecified atom stereocenters. The van der Waals surface area contributed by atoms with E-state index in [2.05, 4.69) is 29.2 Å². The molecule has 92 valence electrons. The van der Waals surface area contributed by atoms with Gasteiger partial charge in [0, 0.05) is 19.4 Å². The smallest absolute Gasteiger partial charge is 0.157 e. The number of nitrogens with one attached hydrogen (secondary N) is 1. The molecule has 0 saturated carbocycles. The number of hydrogen-bond acceptors (Lipinski definition) is 4. The van der Waals surface area contributed by atoms with Crippen molar-refractivity contribution in [3.63, 3.8) is 0 Å². The van der Waals surface area contributed by atoms with E-state index in [0.29, 0.717) is 12.5 Å². The lowest BCUT2D eigenvalue weighted by atomic mass is 10.1. The van der Waals surface area contributed by atoms with Gasteiger partial charge >= 0.3 is 0 Å². The first kappa shape index (κ1) is 11.9. The summed E-state index contributed by atoms with van der Waals surface area (Å²) < 4.78 is 6.94. The molecule has 0 amide bonds. The van der Waals surface area contributed by atoms with Crippen molar-refractivity contribution >= 4 is 11.5 Å². The van der Waals surface area contributed by atoms with E-state index in [1.54, 1.807) is 17.8 Å². The summed E-state index contributed by atoms with van der Waals surface area (Å²) in [5.41, 5.74) is 0.843. The van der Waals surface area contributed by atoms with Crippen molar-refractivity contribution in [1.82, 2.24) is 14.6 Å². The Hall–Kier alpha value is -1.62. The monoisotopic (exact) mass is 234 g/mol. The Morgan fingerprint density at radius 3 is 2.94 bits per heavy atom. The minimum atomic E-state index is 0.262. The van der Waals surface area contributed by atoms with Gasteiger partial charge in [-0.25, -0.2) is 9.50 Å². The summed E-state index contributed by atoms with van der Waals surface area (Å²) in [6.45, 7) is 4.99.